The first-order valence-corrected chi connectivity index (χ1v) is 7.93. The smallest absolute Gasteiger partial charge is 0.323 e. The van der Waals surface area contributed by atoms with Gasteiger partial charge < -0.3 is 25.5 Å². The lowest BCUT2D eigenvalue weighted by molar-refractivity contribution is -0.141. The zero-order valence-electron chi connectivity index (χ0n) is 13.8. The number of nitrogens with zero attached hydrogens (tertiary/aromatic N) is 1. The maximum absolute atomic E-state index is 12.3. The fourth-order valence-corrected chi connectivity index (χ4v) is 2.89. The van der Waals surface area contributed by atoms with Crippen molar-refractivity contribution in [3.63, 3.8) is 0 Å². The molecular formula is C15H18N6O5. The number of likely N-dealkylation sites (tertiary alicyclic amines) is 1. The first kappa shape index (κ1) is 17.5. The minimum Gasteiger partial charge on any atom is -0.329 e. The van der Waals surface area contributed by atoms with E-state index in [0.717, 1.165) is 0 Å². The molecule has 0 bridgehead atoms. The molecule has 26 heavy (non-hydrogen) atoms. The van der Waals surface area contributed by atoms with Crippen molar-refractivity contribution in [3.8, 4) is 0 Å². The Kier molecular flexibility index (Phi) is 4.63. The topological polar surface area (TPSA) is 159 Å². The molecule has 138 valence electrons. The zero-order chi connectivity index (χ0) is 18.8. The van der Waals surface area contributed by atoms with Gasteiger partial charge in [-0.1, -0.05) is 0 Å². The normalized spacial score (nSPS) is 18.0. The minimum absolute atomic E-state index is 0.287. The van der Waals surface area contributed by atoms with Crippen LogP contribution in [0.1, 0.15) is 13.3 Å². The molecule has 2 atom stereocenters. The Bertz CT molecular complexity index is 919. The van der Waals surface area contributed by atoms with E-state index in [9.17, 15) is 19.2 Å². The molecule has 2 heterocycles. The second-order valence-corrected chi connectivity index (χ2v) is 5.96. The summed E-state index contributed by atoms with van der Waals surface area (Å²) in [7, 11) is 0. The fourth-order valence-electron chi connectivity index (χ4n) is 2.89. The van der Waals surface area contributed by atoms with Crippen molar-refractivity contribution in [2.75, 3.05) is 11.9 Å². The van der Waals surface area contributed by atoms with E-state index in [1.165, 1.54) is 17.3 Å². The van der Waals surface area contributed by atoms with Crippen LogP contribution in [0.15, 0.2) is 23.0 Å². The van der Waals surface area contributed by atoms with Crippen molar-refractivity contribution in [2.24, 2.45) is 0 Å². The Morgan fingerprint density at radius 3 is 2.73 bits per heavy atom. The largest absolute Gasteiger partial charge is 0.329 e. The lowest BCUT2D eigenvalue weighted by Crippen LogP contribution is -2.49. The number of imidazole rings is 1. The van der Waals surface area contributed by atoms with Crippen molar-refractivity contribution in [2.45, 2.75) is 25.4 Å². The van der Waals surface area contributed by atoms with Gasteiger partial charge in [-0.2, -0.15) is 0 Å². The summed E-state index contributed by atoms with van der Waals surface area (Å²) >= 11 is 0. The molecule has 1 aromatic heterocycles. The van der Waals surface area contributed by atoms with Gasteiger partial charge in [-0.3, -0.25) is 14.8 Å². The predicted molar refractivity (Wildman–Crippen MR) is 90.6 cm³/mol. The van der Waals surface area contributed by atoms with Crippen LogP contribution in [0.2, 0.25) is 0 Å². The second kappa shape index (κ2) is 6.88. The summed E-state index contributed by atoms with van der Waals surface area (Å²) in [5.74, 6) is -1.10. The number of carbonyl (C=O) groups excluding carboxylic acids is 3. The third-order valence-corrected chi connectivity index (χ3v) is 4.28. The number of amides is 4. The number of carbonyl (C=O) groups is 3. The Balaban J connectivity index is 1.61. The number of nitrogens with one attached hydrogen (secondary N) is 5. The van der Waals surface area contributed by atoms with Crippen LogP contribution in [0.3, 0.4) is 0 Å². The summed E-state index contributed by atoms with van der Waals surface area (Å²) in [5.41, 5.74) is 2.75. The van der Waals surface area contributed by atoms with Gasteiger partial charge in [-0.05, 0) is 31.5 Å². The van der Waals surface area contributed by atoms with E-state index in [4.69, 9.17) is 5.21 Å². The van der Waals surface area contributed by atoms with Crippen molar-refractivity contribution in [1.82, 2.24) is 25.7 Å². The lowest BCUT2D eigenvalue weighted by Gasteiger charge is -2.22. The highest BCUT2D eigenvalue weighted by Gasteiger charge is 2.37. The van der Waals surface area contributed by atoms with Crippen molar-refractivity contribution in [1.29, 1.82) is 0 Å². The predicted octanol–water partition coefficient (Wildman–Crippen LogP) is -0.527. The van der Waals surface area contributed by atoms with Crippen molar-refractivity contribution >= 4 is 34.6 Å². The SMILES string of the molecule is CC(C(=O)NO)N1CCC(NC(=O)Nc2ccc3[nH]c(=O)[nH]c3c2)C1=O. The maximum atomic E-state index is 12.3. The number of hydrogen-bond acceptors (Lipinski definition) is 5. The fraction of sp³-hybridized carbons (Fsp3) is 0.333. The van der Waals surface area contributed by atoms with Gasteiger partial charge in [-0.25, -0.2) is 15.1 Å². The van der Waals surface area contributed by atoms with Crippen LogP contribution < -0.4 is 21.8 Å². The van der Waals surface area contributed by atoms with E-state index in [1.54, 1.807) is 18.2 Å². The molecule has 3 rings (SSSR count). The highest BCUT2D eigenvalue weighted by Crippen LogP contribution is 2.17. The standard InChI is InChI=1S/C15H18N6O5/c1-7(12(22)20-26)21-5-4-10(13(21)23)18-14(24)16-8-2-3-9-11(6-8)19-15(25)17-9/h2-3,6-7,10,26H,4-5H2,1H3,(H,20,22)(H2,16,18,24)(H2,17,19,25). The molecule has 0 spiro atoms. The Hall–Kier alpha value is -3.34. The van der Waals surface area contributed by atoms with Crippen LogP contribution in [-0.4, -0.2) is 56.5 Å². The van der Waals surface area contributed by atoms with Crippen LogP contribution in [0.4, 0.5) is 10.5 Å². The number of aromatic amines is 2. The Labute approximate surface area is 146 Å². The first-order valence-electron chi connectivity index (χ1n) is 7.93. The number of benzene rings is 1. The quantitative estimate of drug-likeness (QED) is 0.318. The van der Waals surface area contributed by atoms with Crippen LogP contribution in [-0.2, 0) is 9.59 Å². The second-order valence-electron chi connectivity index (χ2n) is 5.96. The number of H-pyrrole nitrogens is 2. The summed E-state index contributed by atoms with van der Waals surface area (Å²) in [6.45, 7) is 1.77. The minimum atomic E-state index is -0.838. The van der Waals surface area contributed by atoms with E-state index in [0.29, 0.717) is 23.1 Å². The van der Waals surface area contributed by atoms with Gasteiger partial charge in [0.15, 0.2) is 0 Å². The van der Waals surface area contributed by atoms with Gasteiger partial charge in [0.25, 0.3) is 5.91 Å². The Morgan fingerprint density at radius 1 is 1.27 bits per heavy atom. The van der Waals surface area contributed by atoms with Crippen molar-refractivity contribution < 1.29 is 19.6 Å². The number of hydrogen-bond donors (Lipinski definition) is 6. The average molecular weight is 362 g/mol. The molecule has 0 aliphatic carbocycles. The highest BCUT2D eigenvalue weighted by molar-refractivity contribution is 5.97. The molecule has 2 aromatic rings. The molecule has 1 fully saturated rings. The summed E-state index contributed by atoms with van der Waals surface area (Å²) in [4.78, 5) is 53.6. The van der Waals surface area contributed by atoms with Crippen LogP contribution in [0, 0.1) is 0 Å². The molecule has 11 nitrogen and oxygen atoms in total. The molecule has 6 N–H and O–H groups in total. The highest BCUT2D eigenvalue weighted by atomic mass is 16.5. The number of rotatable bonds is 4. The molecule has 2 unspecified atom stereocenters. The summed E-state index contributed by atoms with van der Waals surface area (Å²) in [6, 6.07) is 2.66. The van der Waals surface area contributed by atoms with E-state index in [2.05, 4.69) is 20.6 Å². The molecule has 0 radical (unpaired) electrons. The van der Waals surface area contributed by atoms with Gasteiger partial charge in [0.2, 0.25) is 5.91 Å². The molecule has 1 aliphatic rings. The van der Waals surface area contributed by atoms with Gasteiger partial charge in [-0.15, -0.1) is 0 Å². The summed E-state index contributed by atoms with van der Waals surface area (Å²) in [6.07, 6.45) is 0.347. The zero-order valence-corrected chi connectivity index (χ0v) is 13.8. The number of aromatic nitrogens is 2. The molecule has 4 amide bonds. The number of fused-ring (bicyclic) bond motifs is 1. The van der Waals surface area contributed by atoms with Gasteiger partial charge in [0, 0.05) is 12.2 Å². The summed E-state index contributed by atoms with van der Waals surface area (Å²) < 4.78 is 0. The maximum Gasteiger partial charge on any atom is 0.323 e. The third kappa shape index (κ3) is 3.37. The molecule has 0 saturated carbocycles. The molecule has 1 saturated heterocycles. The Morgan fingerprint density at radius 2 is 2.00 bits per heavy atom. The van der Waals surface area contributed by atoms with Gasteiger partial charge in [0.05, 0.1) is 11.0 Å². The molecule has 1 aromatic carbocycles. The van der Waals surface area contributed by atoms with Crippen LogP contribution in [0.5, 0.6) is 0 Å². The van der Waals surface area contributed by atoms with Crippen LogP contribution >= 0.6 is 0 Å². The first-order chi connectivity index (χ1) is 12.4. The van der Waals surface area contributed by atoms with Crippen molar-refractivity contribution in [3.05, 3.63) is 28.7 Å². The lowest BCUT2D eigenvalue weighted by atomic mass is 10.2. The molecular weight excluding hydrogens is 344 g/mol. The van der Waals surface area contributed by atoms with E-state index < -0.39 is 29.9 Å². The number of hydroxylamine groups is 1. The number of anilines is 1. The van der Waals surface area contributed by atoms with E-state index >= 15 is 0 Å². The van der Waals surface area contributed by atoms with Gasteiger partial charge >= 0.3 is 11.7 Å². The molecule has 11 heteroatoms. The molecule has 1 aliphatic heterocycles. The third-order valence-electron chi connectivity index (χ3n) is 4.28. The van der Waals surface area contributed by atoms with Gasteiger partial charge in [0.1, 0.15) is 12.1 Å². The number of urea groups is 1. The van der Waals surface area contributed by atoms with Crippen LogP contribution in [0.25, 0.3) is 11.0 Å². The monoisotopic (exact) mass is 362 g/mol. The van der Waals surface area contributed by atoms with E-state index in [1.807, 2.05) is 0 Å². The summed E-state index contributed by atoms with van der Waals surface area (Å²) in [5, 5.41) is 13.8. The average Bonchev–Trinajstić information content (AvgIpc) is 3.15. The van der Waals surface area contributed by atoms with E-state index in [-0.39, 0.29) is 12.2 Å².